The van der Waals surface area contributed by atoms with E-state index in [1.165, 1.54) is 18.4 Å². The molecule has 2 heterocycles. The number of rotatable bonds is 5. The van der Waals surface area contributed by atoms with Crippen LogP contribution in [-0.4, -0.2) is 37.7 Å². The molecule has 0 radical (unpaired) electrons. The molecule has 4 rings (SSSR count). The summed E-state index contributed by atoms with van der Waals surface area (Å²) >= 11 is 0. The maximum Gasteiger partial charge on any atom is 0.238 e. The first-order valence-corrected chi connectivity index (χ1v) is 12.7. The summed E-state index contributed by atoms with van der Waals surface area (Å²) in [6.07, 6.45) is 1.67. The second kappa shape index (κ2) is 7.56. The Morgan fingerprint density at radius 3 is 2.06 bits per heavy atom. The highest BCUT2D eigenvalue weighted by atomic mass is 32.2. The third-order valence-corrected chi connectivity index (χ3v) is 7.03. The molecule has 10 heteroatoms. The molecular formula is C21H20N4O4S2. The summed E-state index contributed by atoms with van der Waals surface area (Å²) in [5, 5.41) is 9.86. The van der Waals surface area contributed by atoms with Gasteiger partial charge in [0.15, 0.2) is 15.5 Å². The van der Waals surface area contributed by atoms with Gasteiger partial charge in [0, 0.05) is 18.2 Å². The van der Waals surface area contributed by atoms with Crippen LogP contribution in [0, 0.1) is 6.92 Å². The van der Waals surface area contributed by atoms with Crippen molar-refractivity contribution in [2.24, 2.45) is 5.14 Å². The minimum Gasteiger partial charge on any atom is -0.232 e. The van der Waals surface area contributed by atoms with Gasteiger partial charge in [-0.2, -0.15) is 5.10 Å². The zero-order valence-electron chi connectivity index (χ0n) is 16.8. The van der Waals surface area contributed by atoms with E-state index in [4.69, 9.17) is 10.2 Å². The number of imidazole rings is 1. The maximum absolute atomic E-state index is 11.7. The molecule has 2 N–H and O–H groups in total. The van der Waals surface area contributed by atoms with E-state index in [-0.39, 0.29) is 9.79 Å². The first kappa shape index (κ1) is 21.2. The van der Waals surface area contributed by atoms with Crippen LogP contribution in [0.4, 0.5) is 0 Å². The normalized spacial score (nSPS) is 12.4. The van der Waals surface area contributed by atoms with Crippen LogP contribution in [0.3, 0.4) is 0 Å². The second-order valence-electron chi connectivity index (χ2n) is 7.29. The molecule has 0 aliphatic heterocycles. The second-order valence-corrected chi connectivity index (χ2v) is 10.9. The topological polar surface area (TPSA) is 124 Å². The summed E-state index contributed by atoms with van der Waals surface area (Å²) in [6.45, 7) is 1.89. The van der Waals surface area contributed by atoms with Crippen molar-refractivity contribution in [2.75, 3.05) is 6.26 Å². The van der Waals surface area contributed by atoms with E-state index in [0.717, 1.165) is 22.5 Å². The lowest BCUT2D eigenvalue weighted by atomic mass is 10.1. The van der Waals surface area contributed by atoms with Crippen LogP contribution in [0.2, 0.25) is 0 Å². The van der Waals surface area contributed by atoms with Crippen molar-refractivity contribution in [2.45, 2.75) is 23.1 Å². The molecule has 0 aliphatic carbocycles. The Kier molecular flexibility index (Phi) is 5.16. The van der Waals surface area contributed by atoms with E-state index in [0.29, 0.717) is 17.8 Å². The average molecular weight is 457 g/mol. The fourth-order valence-electron chi connectivity index (χ4n) is 3.31. The number of nitrogens with two attached hydrogens (primary N) is 1. The molecular weight excluding hydrogens is 436 g/mol. The van der Waals surface area contributed by atoms with E-state index in [2.05, 4.69) is 4.98 Å². The van der Waals surface area contributed by atoms with Crippen LogP contribution >= 0.6 is 0 Å². The van der Waals surface area contributed by atoms with Gasteiger partial charge >= 0.3 is 0 Å². The molecule has 4 aromatic rings. The SMILES string of the molecule is Cc1nc2ccc(-c3ccc(S(C)(=O)=O)cc3)nn2c1Cc1ccc(S(N)(=O)=O)cc1. The van der Waals surface area contributed by atoms with Gasteiger partial charge in [0.05, 0.1) is 26.9 Å². The fourth-order valence-corrected chi connectivity index (χ4v) is 4.46. The number of sulfone groups is 1. The van der Waals surface area contributed by atoms with Crippen molar-refractivity contribution in [1.82, 2.24) is 14.6 Å². The van der Waals surface area contributed by atoms with Gasteiger partial charge in [-0.15, -0.1) is 0 Å². The van der Waals surface area contributed by atoms with Gasteiger partial charge in [0.2, 0.25) is 10.0 Å². The first-order valence-electron chi connectivity index (χ1n) is 9.30. The van der Waals surface area contributed by atoms with Crippen molar-refractivity contribution >= 4 is 25.5 Å². The van der Waals surface area contributed by atoms with E-state index >= 15 is 0 Å². The zero-order chi connectivity index (χ0) is 22.4. The number of sulfonamides is 1. The predicted molar refractivity (Wildman–Crippen MR) is 117 cm³/mol. The lowest BCUT2D eigenvalue weighted by Crippen LogP contribution is -2.12. The predicted octanol–water partition coefficient (Wildman–Crippen LogP) is 2.35. The van der Waals surface area contributed by atoms with Gasteiger partial charge < -0.3 is 0 Å². The molecule has 0 atom stereocenters. The Morgan fingerprint density at radius 1 is 0.871 bits per heavy atom. The van der Waals surface area contributed by atoms with E-state index in [1.807, 2.05) is 19.1 Å². The molecule has 8 nitrogen and oxygen atoms in total. The number of aryl methyl sites for hydroxylation is 1. The minimum absolute atomic E-state index is 0.0593. The van der Waals surface area contributed by atoms with Crippen molar-refractivity contribution in [3.63, 3.8) is 0 Å². The van der Waals surface area contributed by atoms with Gasteiger partial charge in [-0.25, -0.2) is 31.5 Å². The molecule has 31 heavy (non-hydrogen) atoms. The molecule has 0 spiro atoms. The Labute approximate surface area is 180 Å². The van der Waals surface area contributed by atoms with Crippen molar-refractivity contribution < 1.29 is 16.8 Å². The van der Waals surface area contributed by atoms with E-state index in [9.17, 15) is 16.8 Å². The molecule has 0 unspecified atom stereocenters. The van der Waals surface area contributed by atoms with E-state index in [1.54, 1.807) is 40.9 Å². The molecule has 0 amide bonds. The van der Waals surface area contributed by atoms with Crippen LogP contribution in [-0.2, 0) is 26.3 Å². The summed E-state index contributed by atoms with van der Waals surface area (Å²) in [7, 11) is -7.01. The van der Waals surface area contributed by atoms with Crippen LogP contribution in [0.1, 0.15) is 17.0 Å². The van der Waals surface area contributed by atoms with Crippen LogP contribution in [0.15, 0.2) is 70.5 Å². The Morgan fingerprint density at radius 2 is 1.48 bits per heavy atom. The van der Waals surface area contributed by atoms with Crippen molar-refractivity contribution in [3.05, 3.63) is 77.6 Å². The quantitative estimate of drug-likeness (QED) is 0.491. The van der Waals surface area contributed by atoms with E-state index < -0.39 is 19.9 Å². The fraction of sp³-hybridized carbons (Fsp3) is 0.143. The number of benzene rings is 2. The Bertz CT molecular complexity index is 1490. The summed E-state index contributed by atoms with van der Waals surface area (Å²) in [5.41, 5.74) is 4.72. The Hall–Kier alpha value is -3.08. The number of fused-ring (bicyclic) bond motifs is 1. The van der Waals surface area contributed by atoms with Crippen molar-refractivity contribution in [1.29, 1.82) is 0 Å². The lowest BCUT2D eigenvalue weighted by Gasteiger charge is -2.07. The monoisotopic (exact) mass is 456 g/mol. The summed E-state index contributed by atoms with van der Waals surface area (Å²) in [4.78, 5) is 4.86. The Balaban J connectivity index is 1.71. The minimum atomic E-state index is -3.74. The third-order valence-electron chi connectivity index (χ3n) is 4.97. The number of hydrogen-bond donors (Lipinski definition) is 1. The number of nitrogens with zero attached hydrogens (tertiary/aromatic N) is 3. The highest BCUT2D eigenvalue weighted by Crippen LogP contribution is 2.22. The van der Waals surface area contributed by atoms with Gasteiger partial charge in [0.1, 0.15) is 0 Å². The van der Waals surface area contributed by atoms with Crippen LogP contribution < -0.4 is 5.14 Å². The molecule has 0 fully saturated rings. The molecule has 0 aliphatic rings. The van der Waals surface area contributed by atoms with Gasteiger partial charge in [0.25, 0.3) is 0 Å². The highest BCUT2D eigenvalue weighted by Gasteiger charge is 2.14. The van der Waals surface area contributed by atoms with Gasteiger partial charge in [-0.1, -0.05) is 24.3 Å². The molecule has 160 valence electrons. The lowest BCUT2D eigenvalue weighted by molar-refractivity contribution is 0.597. The zero-order valence-corrected chi connectivity index (χ0v) is 18.5. The largest absolute Gasteiger partial charge is 0.238 e. The molecule has 0 bridgehead atoms. The molecule has 2 aromatic heterocycles. The number of primary sulfonamides is 1. The first-order chi connectivity index (χ1) is 14.5. The van der Waals surface area contributed by atoms with Crippen LogP contribution in [0.25, 0.3) is 16.9 Å². The maximum atomic E-state index is 11.7. The van der Waals surface area contributed by atoms with Crippen molar-refractivity contribution in [3.8, 4) is 11.3 Å². The standard InChI is InChI=1S/C21H20N4O4S2/c1-14-20(13-15-3-7-18(8-4-15)31(22,28)29)25-21(23-14)12-11-19(24-25)16-5-9-17(10-6-16)30(2,26)27/h3-12H,13H2,1-2H3,(H2,22,28,29). The molecule has 0 saturated heterocycles. The summed E-state index contributed by atoms with van der Waals surface area (Å²) in [5.74, 6) is 0. The summed E-state index contributed by atoms with van der Waals surface area (Å²) in [6, 6.07) is 16.6. The number of aromatic nitrogens is 3. The average Bonchev–Trinajstić information content (AvgIpc) is 3.02. The summed E-state index contributed by atoms with van der Waals surface area (Å²) < 4.78 is 48.0. The molecule has 2 aromatic carbocycles. The smallest absolute Gasteiger partial charge is 0.232 e. The van der Waals surface area contributed by atoms with Gasteiger partial charge in [-0.05, 0) is 48.9 Å². The highest BCUT2D eigenvalue weighted by molar-refractivity contribution is 7.90. The van der Waals surface area contributed by atoms with Gasteiger partial charge in [-0.3, -0.25) is 0 Å². The number of hydrogen-bond acceptors (Lipinski definition) is 6. The molecule has 0 saturated carbocycles. The third kappa shape index (κ3) is 4.36. The van der Waals surface area contributed by atoms with Crippen LogP contribution in [0.5, 0.6) is 0 Å².